The molecule has 2 aromatic rings. The van der Waals surface area contributed by atoms with Gasteiger partial charge < -0.3 is 5.73 Å². The van der Waals surface area contributed by atoms with Crippen molar-refractivity contribution in [2.75, 3.05) is 0 Å². The third-order valence-electron chi connectivity index (χ3n) is 2.82. The third kappa shape index (κ3) is 2.52. The second-order valence-electron chi connectivity index (χ2n) is 4.16. The first-order valence-electron chi connectivity index (χ1n) is 5.45. The first-order valence-corrected chi connectivity index (χ1v) is 5.83. The number of hydrogen-bond donors (Lipinski definition) is 1. The average molecular weight is 268 g/mol. The summed E-state index contributed by atoms with van der Waals surface area (Å²) in [6.07, 6.45) is 0. The molecule has 18 heavy (non-hydrogen) atoms. The summed E-state index contributed by atoms with van der Waals surface area (Å²) >= 11 is 5.85. The van der Waals surface area contributed by atoms with Gasteiger partial charge in [0.05, 0.1) is 6.04 Å². The summed E-state index contributed by atoms with van der Waals surface area (Å²) in [5, 5.41) is 0.510. The van der Waals surface area contributed by atoms with Crippen molar-refractivity contribution in [2.45, 2.75) is 13.0 Å². The molecule has 2 aromatic carbocycles. The number of aryl methyl sites for hydroxylation is 1. The lowest BCUT2D eigenvalue weighted by atomic mass is 9.98. The van der Waals surface area contributed by atoms with Crippen molar-refractivity contribution in [3.05, 3.63) is 69.7 Å². The fourth-order valence-corrected chi connectivity index (χ4v) is 1.98. The topological polar surface area (TPSA) is 26.0 Å². The van der Waals surface area contributed by atoms with Gasteiger partial charge >= 0.3 is 0 Å². The summed E-state index contributed by atoms with van der Waals surface area (Å²) in [6.45, 7) is 1.51. The van der Waals surface area contributed by atoms with Crippen molar-refractivity contribution in [2.24, 2.45) is 5.73 Å². The Kier molecular flexibility index (Phi) is 3.64. The number of hydrogen-bond acceptors (Lipinski definition) is 1. The molecule has 94 valence electrons. The van der Waals surface area contributed by atoms with Crippen LogP contribution in [0.2, 0.25) is 5.02 Å². The molecular weight excluding hydrogens is 256 g/mol. The molecule has 0 radical (unpaired) electrons. The Hall–Kier alpha value is -1.45. The van der Waals surface area contributed by atoms with Crippen LogP contribution in [0.5, 0.6) is 0 Å². The van der Waals surface area contributed by atoms with Crippen molar-refractivity contribution in [3.8, 4) is 0 Å². The molecule has 2 N–H and O–H groups in total. The van der Waals surface area contributed by atoms with Gasteiger partial charge in [-0.2, -0.15) is 0 Å². The summed E-state index contributed by atoms with van der Waals surface area (Å²) in [5.74, 6) is -0.981. The molecule has 0 aromatic heterocycles. The van der Waals surface area contributed by atoms with E-state index in [1.54, 1.807) is 24.3 Å². The maximum absolute atomic E-state index is 13.8. The highest BCUT2D eigenvalue weighted by Crippen LogP contribution is 2.26. The Morgan fingerprint density at radius 1 is 1.11 bits per heavy atom. The van der Waals surface area contributed by atoms with Crippen LogP contribution in [0.25, 0.3) is 0 Å². The molecule has 2 rings (SSSR count). The van der Waals surface area contributed by atoms with Crippen LogP contribution in [0.1, 0.15) is 22.7 Å². The van der Waals surface area contributed by atoms with Gasteiger partial charge in [0.1, 0.15) is 11.6 Å². The zero-order valence-electron chi connectivity index (χ0n) is 9.75. The van der Waals surface area contributed by atoms with Gasteiger partial charge in [-0.1, -0.05) is 23.7 Å². The van der Waals surface area contributed by atoms with Crippen molar-refractivity contribution >= 4 is 11.6 Å². The van der Waals surface area contributed by atoms with E-state index in [2.05, 4.69) is 0 Å². The fourth-order valence-electron chi connectivity index (χ4n) is 1.78. The van der Waals surface area contributed by atoms with Crippen LogP contribution < -0.4 is 5.73 Å². The van der Waals surface area contributed by atoms with Gasteiger partial charge in [0.25, 0.3) is 0 Å². The summed E-state index contributed by atoms with van der Waals surface area (Å²) in [7, 11) is 0. The Bertz CT molecular complexity index is 584. The third-order valence-corrected chi connectivity index (χ3v) is 3.06. The molecule has 4 heteroatoms. The molecular formula is C14H12ClF2N. The molecule has 0 saturated heterocycles. The van der Waals surface area contributed by atoms with E-state index >= 15 is 0 Å². The van der Waals surface area contributed by atoms with Gasteiger partial charge in [-0.3, -0.25) is 0 Å². The Labute approximate surface area is 109 Å². The molecule has 0 heterocycles. The van der Waals surface area contributed by atoms with E-state index in [0.29, 0.717) is 10.6 Å². The number of nitrogens with two attached hydrogens (primary N) is 1. The molecule has 1 unspecified atom stereocenters. The molecule has 0 aliphatic heterocycles. The minimum atomic E-state index is -0.737. The van der Waals surface area contributed by atoms with Crippen LogP contribution in [0, 0.1) is 18.6 Å². The largest absolute Gasteiger partial charge is 0.320 e. The molecule has 0 aliphatic rings. The highest BCUT2D eigenvalue weighted by molar-refractivity contribution is 6.30. The van der Waals surface area contributed by atoms with E-state index in [0.717, 1.165) is 12.1 Å². The van der Waals surface area contributed by atoms with Crippen LogP contribution in [-0.4, -0.2) is 0 Å². The zero-order chi connectivity index (χ0) is 13.3. The summed E-state index contributed by atoms with van der Waals surface area (Å²) < 4.78 is 27.3. The van der Waals surface area contributed by atoms with Crippen molar-refractivity contribution in [1.82, 2.24) is 0 Å². The molecule has 0 fully saturated rings. The van der Waals surface area contributed by atoms with Gasteiger partial charge in [0.2, 0.25) is 0 Å². The van der Waals surface area contributed by atoms with E-state index in [4.69, 9.17) is 17.3 Å². The van der Waals surface area contributed by atoms with E-state index in [-0.39, 0.29) is 11.1 Å². The summed E-state index contributed by atoms with van der Waals surface area (Å²) in [4.78, 5) is 0. The minimum absolute atomic E-state index is 0.125. The van der Waals surface area contributed by atoms with Crippen LogP contribution in [-0.2, 0) is 0 Å². The minimum Gasteiger partial charge on any atom is -0.320 e. The molecule has 1 atom stereocenters. The highest BCUT2D eigenvalue weighted by atomic mass is 35.5. The van der Waals surface area contributed by atoms with E-state index < -0.39 is 17.7 Å². The van der Waals surface area contributed by atoms with Gasteiger partial charge in [0.15, 0.2) is 0 Å². The highest BCUT2D eigenvalue weighted by Gasteiger charge is 2.16. The maximum atomic E-state index is 13.8. The van der Waals surface area contributed by atoms with E-state index in [9.17, 15) is 8.78 Å². The quantitative estimate of drug-likeness (QED) is 0.875. The number of benzene rings is 2. The van der Waals surface area contributed by atoms with Gasteiger partial charge in [0, 0.05) is 10.6 Å². The lowest BCUT2D eigenvalue weighted by molar-refractivity contribution is 0.570. The van der Waals surface area contributed by atoms with E-state index in [1.165, 1.54) is 6.92 Å². The molecule has 0 spiro atoms. The lowest BCUT2D eigenvalue weighted by Crippen LogP contribution is -2.14. The SMILES string of the molecule is Cc1cc(F)c(C(N)c2cccc(Cl)c2)cc1F. The predicted molar refractivity (Wildman–Crippen MR) is 68.6 cm³/mol. The summed E-state index contributed by atoms with van der Waals surface area (Å²) in [5.41, 5.74) is 6.97. The Balaban J connectivity index is 2.46. The monoisotopic (exact) mass is 267 g/mol. The average Bonchev–Trinajstić information content (AvgIpc) is 2.33. The molecule has 0 saturated carbocycles. The second kappa shape index (κ2) is 5.04. The normalized spacial score (nSPS) is 12.5. The number of rotatable bonds is 2. The summed E-state index contributed by atoms with van der Waals surface area (Å²) in [6, 6.07) is 8.34. The molecule has 0 bridgehead atoms. The standard InChI is InChI=1S/C14H12ClF2N/c1-8-5-13(17)11(7-12(8)16)14(18)9-3-2-4-10(15)6-9/h2-7,14H,18H2,1H3. The van der Waals surface area contributed by atoms with Crippen molar-refractivity contribution in [1.29, 1.82) is 0 Å². The van der Waals surface area contributed by atoms with E-state index in [1.807, 2.05) is 0 Å². The molecule has 0 aliphatic carbocycles. The number of halogens is 3. The zero-order valence-corrected chi connectivity index (χ0v) is 10.5. The van der Waals surface area contributed by atoms with Crippen LogP contribution in [0.4, 0.5) is 8.78 Å². The van der Waals surface area contributed by atoms with Gasteiger partial charge in [-0.15, -0.1) is 0 Å². The maximum Gasteiger partial charge on any atom is 0.128 e. The van der Waals surface area contributed by atoms with Crippen LogP contribution >= 0.6 is 11.6 Å². The van der Waals surface area contributed by atoms with Crippen molar-refractivity contribution < 1.29 is 8.78 Å². The lowest BCUT2D eigenvalue weighted by Gasteiger charge is -2.14. The van der Waals surface area contributed by atoms with Gasteiger partial charge in [-0.25, -0.2) is 8.78 Å². The Morgan fingerprint density at radius 3 is 2.50 bits per heavy atom. The fraction of sp³-hybridized carbons (Fsp3) is 0.143. The first-order chi connectivity index (χ1) is 8.49. The molecule has 1 nitrogen and oxygen atoms in total. The van der Waals surface area contributed by atoms with Gasteiger partial charge in [-0.05, 0) is 42.3 Å². The van der Waals surface area contributed by atoms with Crippen LogP contribution in [0.15, 0.2) is 36.4 Å². The van der Waals surface area contributed by atoms with Crippen molar-refractivity contribution in [3.63, 3.8) is 0 Å². The smallest absolute Gasteiger partial charge is 0.128 e. The molecule has 0 amide bonds. The van der Waals surface area contributed by atoms with Crippen LogP contribution in [0.3, 0.4) is 0 Å². The Morgan fingerprint density at radius 2 is 1.83 bits per heavy atom. The second-order valence-corrected chi connectivity index (χ2v) is 4.59. The predicted octanol–water partition coefficient (Wildman–Crippen LogP) is 3.97. The first kappa shape index (κ1) is 13.0.